The molecule has 0 heterocycles. The van der Waals surface area contributed by atoms with Crippen LogP contribution in [0.3, 0.4) is 0 Å². The van der Waals surface area contributed by atoms with Crippen LogP contribution in [0, 0.1) is 0 Å². The lowest BCUT2D eigenvalue weighted by Crippen LogP contribution is -2.34. The highest BCUT2D eigenvalue weighted by Crippen LogP contribution is 2.29. The number of benzene rings is 3. The molecule has 0 bridgehead atoms. The first kappa shape index (κ1) is 28.2. The van der Waals surface area contributed by atoms with Gasteiger partial charge in [0.2, 0.25) is 0 Å². The molecule has 0 atom stereocenters. The minimum absolute atomic E-state index is 0.245. The summed E-state index contributed by atoms with van der Waals surface area (Å²) < 4.78 is 16.7. The van der Waals surface area contributed by atoms with Gasteiger partial charge >= 0.3 is 5.97 Å². The lowest BCUT2D eigenvalue weighted by atomic mass is 10.2. The van der Waals surface area contributed by atoms with E-state index in [0.717, 1.165) is 6.42 Å². The summed E-state index contributed by atoms with van der Waals surface area (Å²) in [5, 5.41) is 6.91. The molecule has 2 N–H and O–H groups in total. The third-order valence-corrected chi connectivity index (χ3v) is 5.20. The number of carbonyl (C=O) groups excluding carboxylic acids is 3. The molecule has 9 nitrogen and oxygen atoms in total. The van der Waals surface area contributed by atoms with E-state index in [0.29, 0.717) is 46.4 Å². The zero-order valence-electron chi connectivity index (χ0n) is 21.0. The van der Waals surface area contributed by atoms with Crippen molar-refractivity contribution in [2.75, 3.05) is 19.8 Å². The van der Waals surface area contributed by atoms with Gasteiger partial charge < -0.3 is 19.5 Å². The van der Waals surface area contributed by atoms with Crippen molar-refractivity contribution in [2.24, 2.45) is 5.10 Å². The number of hydrogen-bond acceptors (Lipinski definition) is 7. The van der Waals surface area contributed by atoms with Crippen LogP contribution in [0.15, 0.2) is 71.8 Å². The van der Waals surface area contributed by atoms with E-state index >= 15 is 0 Å². The fourth-order valence-electron chi connectivity index (χ4n) is 3.11. The van der Waals surface area contributed by atoms with Gasteiger partial charge in [-0.1, -0.05) is 18.5 Å². The smallest absolute Gasteiger partial charge is 0.343 e. The highest BCUT2D eigenvalue weighted by Gasteiger charge is 2.14. The first-order valence-electron chi connectivity index (χ1n) is 12.0. The van der Waals surface area contributed by atoms with Crippen molar-refractivity contribution in [1.82, 2.24) is 10.7 Å². The monoisotopic (exact) mass is 537 g/mol. The predicted molar refractivity (Wildman–Crippen MR) is 144 cm³/mol. The Hall–Kier alpha value is -4.37. The van der Waals surface area contributed by atoms with Crippen LogP contribution in [-0.2, 0) is 4.79 Å². The standard InChI is InChI=1S/C28H28ClN3O6/c1-3-15-37-23-12-8-21(9-13-23)28(35)38-24-14-5-19(16-25(24)36-4-2)17-31-32-26(33)18-30-27(34)20-6-10-22(29)11-7-20/h5-14,16-17H,3-4,15,18H2,1-2H3,(H,30,34)(H,32,33). The molecule has 0 spiro atoms. The number of rotatable bonds is 12. The van der Waals surface area contributed by atoms with Crippen LogP contribution in [0.1, 0.15) is 46.5 Å². The van der Waals surface area contributed by atoms with Gasteiger partial charge in [0.05, 0.1) is 31.5 Å². The van der Waals surface area contributed by atoms with E-state index in [1.807, 2.05) is 6.92 Å². The number of hydrazone groups is 1. The van der Waals surface area contributed by atoms with Crippen molar-refractivity contribution >= 4 is 35.6 Å². The minimum Gasteiger partial charge on any atom is -0.494 e. The molecule has 0 aliphatic rings. The molecule has 0 radical (unpaired) electrons. The van der Waals surface area contributed by atoms with Gasteiger partial charge in [0, 0.05) is 10.6 Å². The quantitative estimate of drug-likeness (QED) is 0.151. The number of esters is 1. The average molecular weight is 538 g/mol. The molecule has 38 heavy (non-hydrogen) atoms. The Balaban J connectivity index is 1.55. The zero-order chi connectivity index (χ0) is 27.3. The lowest BCUT2D eigenvalue weighted by molar-refractivity contribution is -0.120. The highest BCUT2D eigenvalue weighted by atomic mass is 35.5. The number of halogens is 1. The number of amides is 2. The van der Waals surface area contributed by atoms with Crippen molar-refractivity contribution in [1.29, 1.82) is 0 Å². The molecular weight excluding hydrogens is 510 g/mol. The first-order chi connectivity index (χ1) is 18.4. The van der Waals surface area contributed by atoms with Crippen LogP contribution in [0.5, 0.6) is 17.2 Å². The Labute approximate surface area is 225 Å². The largest absolute Gasteiger partial charge is 0.494 e. The first-order valence-corrected chi connectivity index (χ1v) is 12.3. The number of nitrogens with zero attached hydrogens (tertiary/aromatic N) is 1. The van der Waals surface area contributed by atoms with E-state index in [-0.39, 0.29) is 12.3 Å². The summed E-state index contributed by atoms with van der Waals surface area (Å²) in [6, 6.07) is 17.9. The molecule has 0 saturated heterocycles. The Morgan fingerprint density at radius 2 is 1.61 bits per heavy atom. The maximum absolute atomic E-state index is 12.6. The molecule has 3 rings (SSSR count). The highest BCUT2D eigenvalue weighted by molar-refractivity contribution is 6.30. The molecule has 0 fully saturated rings. The summed E-state index contributed by atoms with van der Waals surface area (Å²) >= 11 is 5.81. The van der Waals surface area contributed by atoms with Crippen molar-refractivity contribution in [2.45, 2.75) is 20.3 Å². The normalized spacial score (nSPS) is 10.6. The van der Waals surface area contributed by atoms with Gasteiger partial charge in [-0.15, -0.1) is 0 Å². The van der Waals surface area contributed by atoms with Crippen LogP contribution in [0.25, 0.3) is 0 Å². The van der Waals surface area contributed by atoms with Gasteiger partial charge in [-0.2, -0.15) is 5.10 Å². The second-order valence-corrected chi connectivity index (χ2v) is 8.32. The van der Waals surface area contributed by atoms with Crippen LogP contribution < -0.4 is 25.0 Å². The number of carbonyl (C=O) groups is 3. The third-order valence-electron chi connectivity index (χ3n) is 4.95. The van der Waals surface area contributed by atoms with Crippen LogP contribution in [0.2, 0.25) is 5.02 Å². The summed E-state index contributed by atoms with van der Waals surface area (Å²) in [6.45, 7) is 4.51. The van der Waals surface area contributed by atoms with Gasteiger partial charge in [0.15, 0.2) is 11.5 Å². The van der Waals surface area contributed by atoms with Gasteiger partial charge in [-0.05, 0) is 85.6 Å². The van der Waals surface area contributed by atoms with E-state index in [9.17, 15) is 14.4 Å². The van der Waals surface area contributed by atoms with Crippen molar-refractivity contribution < 1.29 is 28.6 Å². The van der Waals surface area contributed by atoms with Crippen molar-refractivity contribution in [3.63, 3.8) is 0 Å². The molecule has 2 amide bonds. The SMILES string of the molecule is CCCOc1ccc(C(=O)Oc2ccc(C=NNC(=O)CNC(=O)c3ccc(Cl)cc3)cc2OCC)cc1. The van der Waals surface area contributed by atoms with E-state index in [1.54, 1.807) is 73.7 Å². The molecule has 198 valence electrons. The minimum atomic E-state index is -0.540. The van der Waals surface area contributed by atoms with Crippen LogP contribution >= 0.6 is 11.6 Å². The molecule has 0 saturated carbocycles. The second kappa shape index (κ2) is 14.4. The average Bonchev–Trinajstić information content (AvgIpc) is 2.92. The summed E-state index contributed by atoms with van der Waals surface area (Å²) in [5.74, 6) is -0.192. The topological polar surface area (TPSA) is 115 Å². The second-order valence-electron chi connectivity index (χ2n) is 7.88. The van der Waals surface area contributed by atoms with Gasteiger partial charge in [0.25, 0.3) is 11.8 Å². The lowest BCUT2D eigenvalue weighted by Gasteiger charge is -2.12. The maximum Gasteiger partial charge on any atom is 0.343 e. The Kier molecular flexibility index (Phi) is 10.7. The van der Waals surface area contributed by atoms with Gasteiger partial charge in [0.1, 0.15) is 5.75 Å². The fourth-order valence-corrected chi connectivity index (χ4v) is 3.23. The van der Waals surface area contributed by atoms with Crippen molar-refractivity contribution in [3.05, 3.63) is 88.4 Å². The van der Waals surface area contributed by atoms with E-state index in [4.69, 9.17) is 25.8 Å². The number of nitrogens with one attached hydrogen (secondary N) is 2. The third kappa shape index (κ3) is 8.63. The van der Waals surface area contributed by atoms with Crippen LogP contribution in [-0.4, -0.2) is 43.8 Å². The molecule has 3 aromatic carbocycles. The summed E-state index contributed by atoms with van der Waals surface area (Å²) in [4.78, 5) is 36.7. The molecule has 10 heteroatoms. The predicted octanol–water partition coefficient (Wildman–Crippen LogP) is 4.63. The molecule has 0 aliphatic heterocycles. The van der Waals surface area contributed by atoms with Crippen LogP contribution in [0.4, 0.5) is 0 Å². The van der Waals surface area contributed by atoms with E-state index < -0.39 is 17.8 Å². The van der Waals surface area contributed by atoms with Gasteiger partial charge in [-0.3, -0.25) is 9.59 Å². The zero-order valence-corrected chi connectivity index (χ0v) is 21.8. The Bertz CT molecular complexity index is 1280. The molecule has 0 unspecified atom stereocenters. The molecular formula is C28H28ClN3O6. The molecule has 0 aromatic heterocycles. The Morgan fingerprint density at radius 1 is 0.895 bits per heavy atom. The summed E-state index contributed by atoms with van der Waals surface area (Å²) in [6.07, 6.45) is 2.29. The molecule has 0 aliphatic carbocycles. The van der Waals surface area contributed by atoms with Gasteiger partial charge in [-0.25, -0.2) is 10.2 Å². The number of ether oxygens (including phenoxy) is 3. The molecule has 3 aromatic rings. The number of hydrogen-bond donors (Lipinski definition) is 2. The van der Waals surface area contributed by atoms with E-state index in [2.05, 4.69) is 15.8 Å². The summed E-state index contributed by atoms with van der Waals surface area (Å²) in [7, 11) is 0. The maximum atomic E-state index is 12.6. The van der Waals surface area contributed by atoms with Crippen molar-refractivity contribution in [3.8, 4) is 17.2 Å². The Morgan fingerprint density at radius 3 is 2.29 bits per heavy atom. The van der Waals surface area contributed by atoms with E-state index in [1.165, 1.54) is 6.21 Å². The summed E-state index contributed by atoms with van der Waals surface area (Å²) in [5.41, 5.74) is 3.69. The fraction of sp³-hybridized carbons (Fsp3) is 0.214.